The molecule has 1 aromatic rings. The fraction of sp³-hybridized carbons (Fsp3) is 0.353. The maximum Gasteiger partial charge on any atom is 0.270 e. The summed E-state index contributed by atoms with van der Waals surface area (Å²) in [5.74, 6) is -1.26. The predicted octanol–water partition coefficient (Wildman–Crippen LogP) is 1.45. The van der Waals surface area contributed by atoms with Crippen LogP contribution in [0.1, 0.15) is 22.3 Å². The molecule has 112 valence electrons. The van der Waals surface area contributed by atoms with Gasteiger partial charge in [0.25, 0.3) is 17.7 Å². The van der Waals surface area contributed by atoms with E-state index in [2.05, 4.69) is 5.43 Å². The quantitative estimate of drug-likeness (QED) is 0.663. The van der Waals surface area contributed by atoms with E-state index in [1.54, 1.807) is 12.1 Å². The molecule has 1 aliphatic heterocycles. The van der Waals surface area contributed by atoms with Gasteiger partial charge in [-0.1, -0.05) is 29.8 Å². The monoisotopic (exact) mass is 296 g/mol. The van der Waals surface area contributed by atoms with Gasteiger partial charge in [0.15, 0.2) is 0 Å². The molecule has 1 saturated heterocycles. The van der Waals surface area contributed by atoms with Crippen LogP contribution >= 0.6 is 0 Å². The molecule has 4 atom stereocenters. The topological polar surface area (TPSA) is 66.5 Å². The van der Waals surface area contributed by atoms with Gasteiger partial charge in [0.05, 0.1) is 11.8 Å². The van der Waals surface area contributed by atoms with Crippen molar-refractivity contribution in [2.75, 3.05) is 0 Å². The highest BCUT2D eigenvalue weighted by Crippen LogP contribution is 2.52. The average Bonchev–Trinajstić information content (AvgIpc) is 3.17. The smallest absolute Gasteiger partial charge is 0.270 e. The number of carbonyl (C=O) groups is 3. The zero-order chi connectivity index (χ0) is 15.4. The number of hydrazine groups is 1. The van der Waals surface area contributed by atoms with Gasteiger partial charge in [-0.15, -0.1) is 0 Å². The lowest BCUT2D eigenvalue weighted by Gasteiger charge is -2.18. The van der Waals surface area contributed by atoms with Gasteiger partial charge in [-0.2, -0.15) is 5.01 Å². The molecule has 2 fully saturated rings. The van der Waals surface area contributed by atoms with Crippen LogP contribution in [-0.4, -0.2) is 22.7 Å². The van der Waals surface area contributed by atoms with E-state index in [0.29, 0.717) is 5.56 Å². The molecule has 0 unspecified atom stereocenters. The Kier molecular flexibility index (Phi) is 2.73. The summed E-state index contributed by atoms with van der Waals surface area (Å²) in [5.41, 5.74) is 3.96. The minimum absolute atomic E-state index is 0.146. The van der Waals surface area contributed by atoms with Crippen LogP contribution in [0.15, 0.2) is 36.4 Å². The summed E-state index contributed by atoms with van der Waals surface area (Å²) in [4.78, 5) is 37.2. The second-order valence-corrected chi connectivity index (χ2v) is 6.32. The van der Waals surface area contributed by atoms with Crippen LogP contribution in [0.4, 0.5) is 0 Å². The summed E-state index contributed by atoms with van der Waals surface area (Å²) >= 11 is 0. The van der Waals surface area contributed by atoms with Gasteiger partial charge >= 0.3 is 0 Å². The SMILES string of the molecule is Cc1ccc(C(=O)NN2C(=O)[C@H]3[C@H](C2=O)[C@@H]2C=C[C@@H]3C2)cc1. The fourth-order valence-corrected chi connectivity index (χ4v) is 3.88. The maximum absolute atomic E-state index is 12.5. The molecule has 0 spiro atoms. The van der Waals surface area contributed by atoms with E-state index < -0.39 is 5.91 Å². The van der Waals surface area contributed by atoms with E-state index >= 15 is 0 Å². The molecule has 0 aromatic heterocycles. The first kappa shape index (κ1) is 13.2. The summed E-state index contributed by atoms with van der Waals surface area (Å²) in [6, 6.07) is 7.01. The number of imide groups is 1. The molecule has 1 aromatic carbocycles. The number of amides is 3. The van der Waals surface area contributed by atoms with Crippen molar-refractivity contribution >= 4 is 17.7 Å². The summed E-state index contributed by atoms with van der Waals surface area (Å²) in [7, 11) is 0. The van der Waals surface area contributed by atoms with Crippen molar-refractivity contribution in [2.24, 2.45) is 23.7 Å². The number of nitrogens with one attached hydrogen (secondary N) is 1. The molecule has 5 heteroatoms. The van der Waals surface area contributed by atoms with Crippen LogP contribution in [0.3, 0.4) is 0 Å². The van der Waals surface area contributed by atoms with E-state index in [1.807, 2.05) is 31.2 Å². The number of hydrogen-bond donors (Lipinski definition) is 1. The molecule has 2 aliphatic carbocycles. The van der Waals surface area contributed by atoms with Gasteiger partial charge in [-0.05, 0) is 37.3 Å². The zero-order valence-electron chi connectivity index (χ0n) is 12.2. The Hall–Kier alpha value is -2.43. The van der Waals surface area contributed by atoms with Crippen molar-refractivity contribution < 1.29 is 14.4 Å². The number of benzene rings is 1. The van der Waals surface area contributed by atoms with E-state index in [-0.39, 0.29) is 35.5 Å². The van der Waals surface area contributed by atoms with Crippen LogP contribution in [0.2, 0.25) is 0 Å². The number of fused-ring (bicyclic) bond motifs is 5. The molecule has 1 saturated carbocycles. The highest BCUT2D eigenvalue weighted by molar-refractivity contribution is 6.08. The summed E-state index contributed by atoms with van der Waals surface area (Å²) in [5, 5.41) is 0.934. The summed E-state index contributed by atoms with van der Waals surface area (Å²) in [6.07, 6.45) is 4.94. The molecule has 3 aliphatic rings. The van der Waals surface area contributed by atoms with Gasteiger partial charge in [0, 0.05) is 5.56 Å². The van der Waals surface area contributed by atoms with Crippen molar-refractivity contribution in [1.82, 2.24) is 10.4 Å². The highest BCUT2D eigenvalue weighted by Gasteiger charge is 2.59. The maximum atomic E-state index is 12.5. The van der Waals surface area contributed by atoms with E-state index in [0.717, 1.165) is 17.0 Å². The zero-order valence-corrected chi connectivity index (χ0v) is 12.2. The average molecular weight is 296 g/mol. The first-order valence-corrected chi connectivity index (χ1v) is 7.50. The molecular formula is C17H16N2O3. The molecule has 1 N–H and O–H groups in total. The number of allylic oxidation sites excluding steroid dienone is 2. The molecule has 3 amide bonds. The van der Waals surface area contributed by atoms with E-state index in [1.165, 1.54) is 0 Å². The molecule has 1 heterocycles. The van der Waals surface area contributed by atoms with Crippen molar-refractivity contribution in [2.45, 2.75) is 13.3 Å². The molecule has 4 rings (SSSR count). The first-order chi connectivity index (χ1) is 10.6. The van der Waals surface area contributed by atoms with Crippen molar-refractivity contribution in [3.8, 4) is 0 Å². The van der Waals surface area contributed by atoms with Crippen LogP contribution < -0.4 is 5.43 Å². The molecule has 5 nitrogen and oxygen atoms in total. The third kappa shape index (κ3) is 1.75. The largest absolute Gasteiger partial charge is 0.272 e. The molecular weight excluding hydrogens is 280 g/mol. The van der Waals surface area contributed by atoms with Crippen molar-refractivity contribution in [3.05, 3.63) is 47.5 Å². The normalized spacial score (nSPS) is 31.8. The van der Waals surface area contributed by atoms with Crippen LogP contribution in [0.25, 0.3) is 0 Å². The lowest BCUT2D eigenvalue weighted by molar-refractivity contribution is -0.143. The van der Waals surface area contributed by atoms with E-state index in [4.69, 9.17) is 0 Å². The van der Waals surface area contributed by atoms with Gasteiger partial charge in [-0.25, -0.2) is 0 Å². The Morgan fingerprint density at radius 2 is 1.59 bits per heavy atom. The second kappa shape index (κ2) is 4.53. The number of hydrogen-bond acceptors (Lipinski definition) is 3. The van der Waals surface area contributed by atoms with E-state index in [9.17, 15) is 14.4 Å². The third-order valence-electron chi connectivity index (χ3n) is 5.00. The fourth-order valence-electron chi connectivity index (χ4n) is 3.88. The molecule has 2 bridgehead atoms. The van der Waals surface area contributed by atoms with Gasteiger partial charge in [-0.3, -0.25) is 19.8 Å². The predicted molar refractivity (Wildman–Crippen MR) is 78.2 cm³/mol. The summed E-state index contributed by atoms with van der Waals surface area (Å²) in [6.45, 7) is 1.93. The Balaban J connectivity index is 1.54. The minimum Gasteiger partial charge on any atom is -0.272 e. The van der Waals surface area contributed by atoms with Crippen LogP contribution in [-0.2, 0) is 9.59 Å². The molecule has 0 radical (unpaired) electrons. The second-order valence-electron chi connectivity index (χ2n) is 6.32. The Labute approximate surface area is 128 Å². The van der Waals surface area contributed by atoms with Gasteiger partial charge in [0.1, 0.15) is 0 Å². The Morgan fingerprint density at radius 3 is 2.14 bits per heavy atom. The highest BCUT2D eigenvalue weighted by atomic mass is 16.2. The number of rotatable bonds is 2. The third-order valence-corrected chi connectivity index (χ3v) is 5.00. The van der Waals surface area contributed by atoms with Gasteiger partial charge < -0.3 is 0 Å². The standard InChI is InChI=1S/C17H16N2O3/c1-9-2-4-10(5-3-9)15(20)18-19-16(21)13-11-6-7-12(8-11)14(13)17(19)22/h2-7,11-14H,8H2,1H3,(H,18,20)/t11-,12-,13-,14-/m1/s1. The number of carbonyl (C=O) groups excluding carboxylic acids is 3. The number of nitrogens with zero attached hydrogens (tertiary/aromatic N) is 1. The number of aryl methyl sites for hydroxylation is 1. The lowest BCUT2D eigenvalue weighted by atomic mass is 9.85. The Bertz CT molecular complexity index is 677. The van der Waals surface area contributed by atoms with Crippen LogP contribution in [0, 0.1) is 30.6 Å². The van der Waals surface area contributed by atoms with Crippen LogP contribution in [0.5, 0.6) is 0 Å². The Morgan fingerprint density at radius 1 is 1.05 bits per heavy atom. The summed E-state index contributed by atoms with van der Waals surface area (Å²) < 4.78 is 0. The lowest BCUT2D eigenvalue weighted by Crippen LogP contribution is -2.47. The van der Waals surface area contributed by atoms with Gasteiger partial charge in [0.2, 0.25) is 0 Å². The first-order valence-electron chi connectivity index (χ1n) is 7.50. The molecule has 22 heavy (non-hydrogen) atoms. The van der Waals surface area contributed by atoms with Crippen molar-refractivity contribution in [3.63, 3.8) is 0 Å². The van der Waals surface area contributed by atoms with Crippen molar-refractivity contribution in [1.29, 1.82) is 0 Å². The minimum atomic E-state index is -0.429.